The number of rotatable bonds is 2. The van der Waals surface area contributed by atoms with Crippen molar-refractivity contribution < 1.29 is 26.2 Å². The van der Waals surface area contributed by atoms with E-state index in [2.05, 4.69) is 14.0 Å². The van der Waals surface area contributed by atoms with Gasteiger partial charge in [-0.2, -0.15) is 0 Å². The maximum absolute atomic E-state index is 5.06. The summed E-state index contributed by atoms with van der Waals surface area (Å²) in [6, 6.07) is 0. The van der Waals surface area contributed by atoms with Gasteiger partial charge in [0.25, 0.3) is 0 Å². The van der Waals surface area contributed by atoms with Crippen LogP contribution in [0.4, 0.5) is 0 Å². The lowest BCUT2D eigenvalue weighted by molar-refractivity contribution is -1.01. The highest BCUT2D eigenvalue weighted by Crippen LogP contribution is 2.12. The first-order valence-corrected chi connectivity index (χ1v) is 3.18. The van der Waals surface area contributed by atoms with Gasteiger partial charge < -0.3 is 17.0 Å². The predicted molar refractivity (Wildman–Crippen MR) is 32.2 cm³/mol. The molecule has 0 aromatic carbocycles. The molecule has 0 atom stereocenters. The highest BCUT2D eigenvalue weighted by molar-refractivity contribution is 4.32. The zero-order chi connectivity index (χ0) is 6.04. The SMILES string of the molecule is CCC[N+]1(C)COC1.[Br-]. The second kappa shape index (κ2) is 3.54. The van der Waals surface area contributed by atoms with Crippen molar-refractivity contribution in [1.82, 2.24) is 0 Å². The number of hydrogen-bond acceptors (Lipinski definition) is 1. The molecule has 9 heavy (non-hydrogen) atoms. The van der Waals surface area contributed by atoms with Crippen LogP contribution in [-0.2, 0) is 4.74 Å². The summed E-state index contributed by atoms with van der Waals surface area (Å²) >= 11 is 0. The van der Waals surface area contributed by atoms with Gasteiger partial charge in [-0.15, -0.1) is 0 Å². The fourth-order valence-electron chi connectivity index (χ4n) is 1.07. The molecule has 0 radical (unpaired) electrons. The van der Waals surface area contributed by atoms with Gasteiger partial charge in [0.05, 0.1) is 13.6 Å². The molecule has 0 spiro atoms. The van der Waals surface area contributed by atoms with E-state index in [0.29, 0.717) is 0 Å². The normalized spacial score (nSPS) is 22.0. The molecule has 1 saturated heterocycles. The maximum atomic E-state index is 5.06. The van der Waals surface area contributed by atoms with Gasteiger partial charge in [-0.25, -0.2) is 0 Å². The molecule has 0 saturated carbocycles. The zero-order valence-electron chi connectivity index (χ0n) is 6.06. The minimum Gasteiger partial charge on any atom is -1.00 e. The number of quaternary nitrogens is 1. The Morgan fingerprint density at radius 1 is 1.44 bits per heavy atom. The van der Waals surface area contributed by atoms with Gasteiger partial charge in [-0.3, -0.25) is 9.22 Å². The van der Waals surface area contributed by atoms with Crippen LogP contribution in [0, 0.1) is 0 Å². The van der Waals surface area contributed by atoms with Gasteiger partial charge in [-0.05, 0) is 6.42 Å². The maximum Gasteiger partial charge on any atom is 0.190 e. The molecule has 0 bridgehead atoms. The number of ether oxygens (including phenoxy) is 1. The van der Waals surface area contributed by atoms with Gasteiger partial charge in [-0.1, -0.05) is 6.92 Å². The minimum atomic E-state index is 0. The van der Waals surface area contributed by atoms with Crippen LogP contribution in [0.25, 0.3) is 0 Å². The van der Waals surface area contributed by atoms with E-state index in [1.807, 2.05) is 0 Å². The van der Waals surface area contributed by atoms with Crippen LogP contribution in [0.15, 0.2) is 0 Å². The van der Waals surface area contributed by atoms with Crippen LogP contribution >= 0.6 is 0 Å². The highest BCUT2D eigenvalue weighted by atomic mass is 79.9. The third-order valence-corrected chi connectivity index (χ3v) is 1.57. The molecule has 0 aromatic rings. The lowest BCUT2D eigenvalue weighted by Crippen LogP contribution is -3.00. The summed E-state index contributed by atoms with van der Waals surface area (Å²) < 4.78 is 6.18. The van der Waals surface area contributed by atoms with Crippen molar-refractivity contribution in [2.75, 3.05) is 27.1 Å². The van der Waals surface area contributed by atoms with Crippen molar-refractivity contribution in [3.63, 3.8) is 0 Å². The summed E-state index contributed by atoms with van der Waals surface area (Å²) in [7, 11) is 2.23. The van der Waals surface area contributed by atoms with E-state index >= 15 is 0 Å². The number of halogens is 1. The lowest BCUT2D eigenvalue weighted by atomic mass is 10.4. The molecule has 0 aliphatic carbocycles. The van der Waals surface area contributed by atoms with Crippen molar-refractivity contribution in [3.8, 4) is 0 Å². The van der Waals surface area contributed by atoms with Gasteiger partial charge in [0.2, 0.25) is 0 Å². The molecule has 2 nitrogen and oxygen atoms in total. The molecule has 3 heteroatoms. The van der Waals surface area contributed by atoms with Crippen molar-refractivity contribution >= 4 is 0 Å². The molecule has 1 aliphatic rings. The van der Waals surface area contributed by atoms with Crippen molar-refractivity contribution in [1.29, 1.82) is 0 Å². The summed E-state index contributed by atoms with van der Waals surface area (Å²) in [6.07, 6.45) is 1.26. The van der Waals surface area contributed by atoms with Crippen LogP contribution in [0.1, 0.15) is 13.3 Å². The Kier molecular flexibility index (Phi) is 3.70. The number of hydrogen-bond donors (Lipinski definition) is 0. The average Bonchev–Trinajstić information content (AvgIpc) is 1.64. The monoisotopic (exact) mass is 195 g/mol. The highest BCUT2D eigenvalue weighted by Gasteiger charge is 2.29. The third-order valence-electron chi connectivity index (χ3n) is 1.57. The Hall–Kier alpha value is 0.400. The topological polar surface area (TPSA) is 9.23 Å². The first kappa shape index (κ1) is 9.40. The van der Waals surface area contributed by atoms with Crippen molar-refractivity contribution in [2.24, 2.45) is 0 Å². The molecule has 0 N–H and O–H groups in total. The molecule has 1 fully saturated rings. The average molecular weight is 196 g/mol. The Morgan fingerprint density at radius 3 is 2.11 bits per heavy atom. The molecule has 56 valence electrons. The quantitative estimate of drug-likeness (QED) is 0.455. The molecule has 1 rings (SSSR count). The fourth-order valence-corrected chi connectivity index (χ4v) is 1.07. The van der Waals surface area contributed by atoms with Crippen molar-refractivity contribution in [2.45, 2.75) is 13.3 Å². The zero-order valence-corrected chi connectivity index (χ0v) is 7.65. The van der Waals surface area contributed by atoms with Crippen molar-refractivity contribution in [3.05, 3.63) is 0 Å². The Morgan fingerprint density at radius 2 is 2.00 bits per heavy atom. The van der Waals surface area contributed by atoms with E-state index in [4.69, 9.17) is 4.74 Å². The number of nitrogens with zero attached hydrogens (tertiary/aromatic N) is 1. The second-order valence-corrected chi connectivity index (χ2v) is 2.81. The molecule has 0 aromatic heterocycles. The van der Waals surface area contributed by atoms with Gasteiger partial charge in [0.1, 0.15) is 0 Å². The second-order valence-electron chi connectivity index (χ2n) is 2.81. The summed E-state index contributed by atoms with van der Waals surface area (Å²) in [4.78, 5) is 0. The van der Waals surface area contributed by atoms with Crippen LogP contribution in [-0.4, -0.2) is 31.5 Å². The summed E-state index contributed by atoms with van der Waals surface area (Å²) in [6.45, 7) is 5.32. The lowest BCUT2D eigenvalue weighted by Gasteiger charge is -2.40. The third kappa shape index (κ3) is 2.24. The largest absolute Gasteiger partial charge is 1.00 e. The Bertz CT molecular complexity index is 83.1. The Balaban J connectivity index is 0.000000640. The molecular formula is C6H14BrNO. The fraction of sp³-hybridized carbons (Fsp3) is 1.00. The van der Waals surface area contributed by atoms with E-state index in [0.717, 1.165) is 17.9 Å². The van der Waals surface area contributed by atoms with E-state index in [9.17, 15) is 0 Å². The Labute approximate surface area is 67.2 Å². The molecule has 1 heterocycles. The van der Waals surface area contributed by atoms with E-state index in [1.165, 1.54) is 13.0 Å². The molecular weight excluding hydrogens is 182 g/mol. The summed E-state index contributed by atoms with van der Waals surface area (Å²) in [5.74, 6) is 0. The van der Waals surface area contributed by atoms with Crippen LogP contribution in [0.3, 0.4) is 0 Å². The summed E-state index contributed by atoms with van der Waals surface area (Å²) in [5.41, 5.74) is 0. The van der Waals surface area contributed by atoms with E-state index in [-0.39, 0.29) is 17.0 Å². The van der Waals surface area contributed by atoms with Gasteiger partial charge in [0, 0.05) is 0 Å². The van der Waals surface area contributed by atoms with Gasteiger partial charge in [0.15, 0.2) is 13.5 Å². The molecule has 1 aliphatic heterocycles. The van der Waals surface area contributed by atoms with Gasteiger partial charge >= 0.3 is 0 Å². The van der Waals surface area contributed by atoms with Crippen LogP contribution in [0.2, 0.25) is 0 Å². The summed E-state index contributed by atoms with van der Waals surface area (Å²) in [5, 5.41) is 0. The van der Waals surface area contributed by atoms with E-state index < -0.39 is 0 Å². The first-order valence-electron chi connectivity index (χ1n) is 3.18. The van der Waals surface area contributed by atoms with Crippen LogP contribution in [0.5, 0.6) is 0 Å². The molecule has 0 unspecified atom stereocenters. The first-order chi connectivity index (χ1) is 3.77. The smallest absolute Gasteiger partial charge is 0.190 e. The predicted octanol–water partition coefficient (Wildman–Crippen LogP) is -2.21. The van der Waals surface area contributed by atoms with Crippen LogP contribution < -0.4 is 17.0 Å². The minimum absolute atomic E-state index is 0. The molecule has 0 amide bonds. The van der Waals surface area contributed by atoms with E-state index in [1.54, 1.807) is 0 Å². The standard InChI is InChI=1S/C6H14NO.BrH/c1-3-4-7(2)5-8-6-7;/h3-6H2,1-2H3;1H/q+1;/p-1.